The molecule has 1 aliphatic rings. The number of carbonyl (C=O) groups excluding carboxylic acids is 2. The zero-order valence-electron chi connectivity index (χ0n) is 8.66. The van der Waals surface area contributed by atoms with Crippen molar-refractivity contribution >= 4 is 39.3 Å². The molecule has 5 heteroatoms. The van der Waals surface area contributed by atoms with Crippen LogP contribution in [-0.4, -0.2) is 18.5 Å². The molecule has 0 saturated carbocycles. The van der Waals surface area contributed by atoms with E-state index in [2.05, 4.69) is 20.9 Å². The Kier molecular flexibility index (Phi) is 2.90. The fraction of sp³-hybridized carbons (Fsp3) is 0.273. The van der Waals surface area contributed by atoms with E-state index in [9.17, 15) is 9.59 Å². The second-order valence-corrected chi connectivity index (χ2v) is 4.47. The van der Waals surface area contributed by atoms with Crippen LogP contribution in [0.2, 0.25) is 0 Å². The van der Waals surface area contributed by atoms with Crippen molar-refractivity contribution in [3.05, 3.63) is 22.2 Å². The Hall–Kier alpha value is -1.45. The third kappa shape index (κ3) is 1.79. The van der Waals surface area contributed by atoms with Gasteiger partial charge in [-0.05, 0) is 24.1 Å². The van der Waals surface area contributed by atoms with Gasteiger partial charge in [0.15, 0.2) is 0 Å². The summed E-state index contributed by atoms with van der Waals surface area (Å²) >= 11 is 3.35. The Labute approximate surface area is 101 Å². The molecule has 0 atom stereocenters. The van der Waals surface area contributed by atoms with Gasteiger partial charge in [-0.25, -0.2) is 4.79 Å². The van der Waals surface area contributed by atoms with Gasteiger partial charge in [-0.15, -0.1) is 0 Å². The Morgan fingerprint density at radius 2 is 2.31 bits per heavy atom. The molecular weight excluding hydrogens is 272 g/mol. The van der Waals surface area contributed by atoms with E-state index in [-0.39, 0.29) is 5.91 Å². The van der Waals surface area contributed by atoms with Crippen LogP contribution in [0.3, 0.4) is 0 Å². The van der Waals surface area contributed by atoms with Crippen molar-refractivity contribution in [1.82, 2.24) is 0 Å². The summed E-state index contributed by atoms with van der Waals surface area (Å²) in [6, 6.07) is 3.66. The van der Waals surface area contributed by atoms with E-state index in [1.807, 2.05) is 6.07 Å². The highest BCUT2D eigenvalue weighted by Gasteiger charge is 2.25. The van der Waals surface area contributed by atoms with Crippen molar-refractivity contribution < 1.29 is 9.59 Å². The lowest BCUT2D eigenvalue weighted by Gasteiger charge is -2.16. The number of hydrogen-bond acceptors (Lipinski definition) is 3. The van der Waals surface area contributed by atoms with E-state index < -0.39 is 0 Å². The van der Waals surface area contributed by atoms with Crippen LogP contribution in [0.25, 0.3) is 0 Å². The first kappa shape index (κ1) is 11.0. The van der Waals surface area contributed by atoms with Crippen molar-refractivity contribution in [2.45, 2.75) is 13.3 Å². The van der Waals surface area contributed by atoms with Crippen molar-refractivity contribution in [2.24, 2.45) is 4.99 Å². The molecule has 16 heavy (non-hydrogen) atoms. The summed E-state index contributed by atoms with van der Waals surface area (Å²) in [5.74, 6) is -0.0385. The third-order valence-electron chi connectivity index (χ3n) is 2.55. The lowest BCUT2D eigenvalue weighted by Crippen LogP contribution is -2.25. The van der Waals surface area contributed by atoms with E-state index in [4.69, 9.17) is 0 Å². The van der Waals surface area contributed by atoms with Gasteiger partial charge in [-0.1, -0.05) is 15.9 Å². The molecule has 1 aromatic carbocycles. The van der Waals surface area contributed by atoms with Crippen LogP contribution in [-0.2, 0) is 16.0 Å². The molecule has 1 aromatic rings. The molecule has 4 nitrogen and oxygen atoms in total. The fourth-order valence-corrected chi connectivity index (χ4v) is 2.43. The molecule has 82 valence electrons. The number of rotatable bonds is 1. The Morgan fingerprint density at radius 3 is 2.94 bits per heavy atom. The number of hydrogen-bond donors (Lipinski definition) is 0. The molecule has 0 saturated heterocycles. The molecule has 1 aliphatic heterocycles. The number of amides is 1. The first-order valence-corrected chi connectivity index (χ1v) is 5.61. The van der Waals surface area contributed by atoms with Gasteiger partial charge in [-0.3, -0.25) is 4.79 Å². The van der Waals surface area contributed by atoms with Gasteiger partial charge in [0.05, 0.1) is 5.69 Å². The summed E-state index contributed by atoms with van der Waals surface area (Å²) in [5.41, 5.74) is 2.25. The summed E-state index contributed by atoms with van der Waals surface area (Å²) in [5, 5.41) is 0. The number of fused-ring (bicyclic) bond motifs is 1. The minimum atomic E-state index is -0.0385. The number of aliphatic imine (C=N–C) groups is 1. The lowest BCUT2D eigenvalue weighted by molar-refractivity contribution is -0.116. The minimum absolute atomic E-state index is 0.0385. The van der Waals surface area contributed by atoms with Gasteiger partial charge in [-0.2, -0.15) is 4.99 Å². The third-order valence-corrected chi connectivity index (χ3v) is 3.01. The van der Waals surface area contributed by atoms with Crippen LogP contribution < -0.4 is 4.90 Å². The minimum Gasteiger partial charge on any atom is -0.310 e. The molecule has 0 unspecified atom stereocenters. The normalized spacial score (nSPS) is 13.2. The Balaban J connectivity index is 2.63. The molecule has 0 aromatic heterocycles. The maximum Gasteiger partial charge on any atom is 0.240 e. The van der Waals surface area contributed by atoms with Gasteiger partial charge in [0.1, 0.15) is 5.69 Å². The number of carbonyl (C=O) groups is 1. The van der Waals surface area contributed by atoms with E-state index >= 15 is 0 Å². The molecule has 0 bridgehead atoms. The van der Waals surface area contributed by atoms with E-state index in [0.29, 0.717) is 12.2 Å². The van der Waals surface area contributed by atoms with Crippen LogP contribution in [0.1, 0.15) is 12.5 Å². The van der Waals surface area contributed by atoms with Crippen molar-refractivity contribution in [1.29, 1.82) is 0 Å². The fourth-order valence-electron chi connectivity index (χ4n) is 1.94. The summed E-state index contributed by atoms with van der Waals surface area (Å²) in [7, 11) is 0. The monoisotopic (exact) mass is 280 g/mol. The molecule has 0 radical (unpaired) electrons. The highest BCUT2D eigenvalue weighted by atomic mass is 79.9. The molecule has 0 fully saturated rings. The van der Waals surface area contributed by atoms with Crippen molar-refractivity contribution in [2.75, 3.05) is 11.4 Å². The lowest BCUT2D eigenvalue weighted by atomic mass is 10.1. The van der Waals surface area contributed by atoms with Crippen LogP contribution in [0, 0.1) is 0 Å². The Morgan fingerprint density at radius 1 is 1.56 bits per heavy atom. The number of anilines is 1. The largest absolute Gasteiger partial charge is 0.310 e. The maximum atomic E-state index is 11.4. The van der Waals surface area contributed by atoms with Gasteiger partial charge in [0, 0.05) is 17.9 Å². The van der Waals surface area contributed by atoms with Gasteiger partial charge >= 0.3 is 0 Å². The first-order chi connectivity index (χ1) is 7.63. The van der Waals surface area contributed by atoms with Crippen molar-refractivity contribution in [3.63, 3.8) is 0 Å². The number of isocyanates is 1. The van der Waals surface area contributed by atoms with E-state index in [1.54, 1.807) is 11.0 Å². The number of halogens is 1. The van der Waals surface area contributed by atoms with E-state index in [0.717, 1.165) is 22.1 Å². The van der Waals surface area contributed by atoms with Crippen LogP contribution in [0.5, 0.6) is 0 Å². The van der Waals surface area contributed by atoms with Gasteiger partial charge in [0.2, 0.25) is 12.0 Å². The summed E-state index contributed by atoms with van der Waals surface area (Å²) in [4.78, 5) is 27.1. The molecule has 0 aliphatic carbocycles. The average molecular weight is 281 g/mol. The van der Waals surface area contributed by atoms with Gasteiger partial charge in [0.25, 0.3) is 0 Å². The highest BCUT2D eigenvalue weighted by molar-refractivity contribution is 9.10. The summed E-state index contributed by atoms with van der Waals surface area (Å²) < 4.78 is 0.852. The quantitative estimate of drug-likeness (QED) is 0.586. The zero-order valence-corrected chi connectivity index (χ0v) is 10.2. The smallest absolute Gasteiger partial charge is 0.240 e. The maximum absolute atomic E-state index is 11.4. The predicted molar refractivity (Wildman–Crippen MR) is 63.7 cm³/mol. The predicted octanol–water partition coefficient (Wildman–Crippen LogP) is 2.33. The van der Waals surface area contributed by atoms with E-state index in [1.165, 1.54) is 13.0 Å². The molecule has 0 spiro atoms. The molecule has 1 amide bonds. The van der Waals surface area contributed by atoms with Crippen molar-refractivity contribution in [3.8, 4) is 0 Å². The summed E-state index contributed by atoms with van der Waals surface area (Å²) in [6.45, 7) is 2.15. The van der Waals surface area contributed by atoms with Gasteiger partial charge < -0.3 is 4.90 Å². The molecule has 0 N–H and O–H groups in total. The topological polar surface area (TPSA) is 49.7 Å². The van der Waals surface area contributed by atoms with Crippen LogP contribution in [0.15, 0.2) is 21.6 Å². The Bertz CT molecular complexity index is 507. The van der Waals surface area contributed by atoms with Crippen LogP contribution in [0.4, 0.5) is 11.4 Å². The second kappa shape index (κ2) is 4.20. The summed E-state index contributed by atoms with van der Waals surface area (Å²) in [6.07, 6.45) is 2.30. The first-order valence-electron chi connectivity index (χ1n) is 4.82. The highest BCUT2D eigenvalue weighted by Crippen LogP contribution is 2.39. The van der Waals surface area contributed by atoms with Crippen LogP contribution >= 0.6 is 15.9 Å². The average Bonchev–Trinajstić information content (AvgIpc) is 2.61. The second-order valence-electron chi connectivity index (χ2n) is 3.56. The molecule has 1 heterocycles. The number of benzene rings is 1. The number of nitrogens with zero attached hydrogens (tertiary/aromatic N) is 2. The SMILES string of the molecule is CC(=O)N1CCc2cc(Br)cc(N=C=O)c21. The molecular formula is C11H9BrN2O2. The molecule has 2 rings (SSSR count). The standard InChI is InChI=1S/C11H9BrN2O2/c1-7(16)14-3-2-8-4-9(12)5-10(11(8)14)13-6-15/h4-5H,2-3H2,1H3. The zero-order chi connectivity index (χ0) is 11.7.